The highest BCUT2D eigenvalue weighted by Crippen LogP contribution is 2.37. The van der Waals surface area contributed by atoms with Crippen LogP contribution in [0.15, 0.2) is 0 Å². The number of carbonyl (C=O) groups excluding carboxylic acids is 2. The van der Waals surface area contributed by atoms with E-state index in [-0.39, 0.29) is 11.8 Å². The molecule has 20 heavy (non-hydrogen) atoms. The van der Waals surface area contributed by atoms with Gasteiger partial charge in [-0.2, -0.15) is 0 Å². The molecule has 0 fully saturated rings. The first-order valence-corrected chi connectivity index (χ1v) is 7.48. The number of esters is 1. The van der Waals surface area contributed by atoms with E-state index in [0.717, 1.165) is 6.42 Å². The highest BCUT2D eigenvalue weighted by Gasteiger charge is 2.46. The lowest BCUT2D eigenvalue weighted by Gasteiger charge is -2.41. The molecule has 0 radical (unpaired) electrons. The van der Waals surface area contributed by atoms with Gasteiger partial charge in [0.1, 0.15) is 11.4 Å². The van der Waals surface area contributed by atoms with Crippen LogP contribution in [0.1, 0.15) is 75.2 Å². The first kappa shape index (κ1) is 19.1. The van der Waals surface area contributed by atoms with Crippen LogP contribution >= 0.6 is 0 Å². The summed E-state index contributed by atoms with van der Waals surface area (Å²) in [4.78, 5) is 24.5. The van der Waals surface area contributed by atoms with Gasteiger partial charge < -0.3 is 4.74 Å². The Kier molecular flexibility index (Phi) is 6.01. The SMILES string of the molecule is CC(C)CCC(=O)C(C)(C)C(C)(C)OC(=O)C(C)(C)C. The molecule has 3 heteroatoms. The van der Waals surface area contributed by atoms with Crippen molar-refractivity contribution in [1.29, 1.82) is 0 Å². The van der Waals surface area contributed by atoms with Crippen LogP contribution in [0.2, 0.25) is 0 Å². The van der Waals surface area contributed by atoms with Crippen LogP contribution in [-0.4, -0.2) is 17.4 Å². The van der Waals surface area contributed by atoms with Crippen LogP contribution < -0.4 is 0 Å². The molecule has 0 bridgehead atoms. The molecule has 0 rings (SSSR count). The molecular formula is C17H32O3. The van der Waals surface area contributed by atoms with Gasteiger partial charge in [0.2, 0.25) is 0 Å². The summed E-state index contributed by atoms with van der Waals surface area (Å²) in [6.45, 7) is 17.0. The highest BCUT2D eigenvalue weighted by atomic mass is 16.6. The summed E-state index contributed by atoms with van der Waals surface area (Å²) in [7, 11) is 0. The quantitative estimate of drug-likeness (QED) is 0.680. The molecular weight excluding hydrogens is 252 g/mol. The fourth-order valence-electron chi connectivity index (χ4n) is 1.58. The summed E-state index contributed by atoms with van der Waals surface area (Å²) >= 11 is 0. The number of rotatable bonds is 6. The van der Waals surface area contributed by atoms with E-state index in [9.17, 15) is 9.59 Å². The third kappa shape index (κ3) is 4.92. The lowest BCUT2D eigenvalue weighted by molar-refractivity contribution is -0.180. The number of Topliss-reactive ketones (excluding diaryl/α,β-unsaturated/α-hetero) is 1. The molecule has 0 atom stereocenters. The Labute approximate surface area is 124 Å². The standard InChI is InChI=1S/C17H32O3/c1-12(2)10-11-13(18)16(6,7)17(8,9)20-14(19)15(3,4)5/h12H,10-11H2,1-9H3. The molecule has 0 amide bonds. The molecule has 0 saturated heterocycles. The smallest absolute Gasteiger partial charge is 0.311 e. The second-order valence-corrected chi connectivity index (χ2v) is 8.13. The van der Waals surface area contributed by atoms with Crippen molar-refractivity contribution >= 4 is 11.8 Å². The largest absolute Gasteiger partial charge is 0.458 e. The predicted octanol–water partition coefficient (Wildman–Crippen LogP) is 4.39. The lowest BCUT2D eigenvalue weighted by atomic mass is 9.72. The van der Waals surface area contributed by atoms with Gasteiger partial charge >= 0.3 is 5.97 Å². The van der Waals surface area contributed by atoms with Crippen molar-refractivity contribution < 1.29 is 14.3 Å². The van der Waals surface area contributed by atoms with Crippen LogP contribution in [-0.2, 0) is 14.3 Å². The van der Waals surface area contributed by atoms with Gasteiger partial charge in [0.15, 0.2) is 0 Å². The fraction of sp³-hybridized carbons (Fsp3) is 0.882. The molecule has 0 aliphatic heterocycles. The van der Waals surface area contributed by atoms with Gasteiger partial charge in [-0.15, -0.1) is 0 Å². The van der Waals surface area contributed by atoms with E-state index in [1.54, 1.807) is 0 Å². The predicted molar refractivity (Wildman–Crippen MR) is 82.5 cm³/mol. The van der Waals surface area contributed by atoms with E-state index in [2.05, 4.69) is 13.8 Å². The third-order valence-electron chi connectivity index (χ3n) is 4.11. The Morgan fingerprint density at radius 3 is 1.75 bits per heavy atom. The zero-order valence-corrected chi connectivity index (χ0v) is 14.7. The Morgan fingerprint density at radius 2 is 1.40 bits per heavy atom. The summed E-state index contributed by atoms with van der Waals surface area (Å²) in [5.41, 5.74) is -2.07. The summed E-state index contributed by atoms with van der Waals surface area (Å²) in [5, 5.41) is 0. The summed E-state index contributed by atoms with van der Waals surface area (Å²) in [5.74, 6) is 0.375. The Balaban J connectivity index is 4.97. The summed E-state index contributed by atoms with van der Waals surface area (Å²) in [6, 6.07) is 0. The van der Waals surface area contributed by atoms with Crippen molar-refractivity contribution in [1.82, 2.24) is 0 Å². The minimum Gasteiger partial charge on any atom is -0.458 e. The number of hydrogen-bond acceptors (Lipinski definition) is 3. The molecule has 0 aromatic carbocycles. The average molecular weight is 284 g/mol. The maximum atomic E-state index is 12.5. The monoisotopic (exact) mass is 284 g/mol. The topological polar surface area (TPSA) is 43.4 Å². The first-order valence-electron chi connectivity index (χ1n) is 7.48. The van der Waals surface area contributed by atoms with E-state index in [1.165, 1.54) is 0 Å². The van der Waals surface area contributed by atoms with Gasteiger partial charge in [-0.05, 0) is 60.8 Å². The van der Waals surface area contributed by atoms with Crippen molar-refractivity contribution in [3.05, 3.63) is 0 Å². The van der Waals surface area contributed by atoms with Crippen LogP contribution in [0.4, 0.5) is 0 Å². The molecule has 0 heterocycles. The van der Waals surface area contributed by atoms with E-state index in [0.29, 0.717) is 12.3 Å². The second kappa shape index (κ2) is 6.28. The molecule has 0 saturated carbocycles. The zero-order valence-electron chi connectivity index (χ0n) is 14.7. The highest BCUT2D eigenvalue weighted by molar-refractivity contribution is 5.86. The van der Waals surface area contributed by atoms with Crippen LogP contribution in [0.5, 0.6) is 0 Å². The molecule has 0 unspecified atom stereocenters. The minimum atomic E-state index is -0.814. The molecule has 0 aromatic rings. The maximum absolute atomic E-state index is 12.5. The average Bonchev–Trinajstić information content (AvgIpc) is 2.23. The van der Waals surface area contributed by atoms with Gasteiger partial charge in [-0.3, -0.25) is 9.59 Å². The number of carbonyl (C=O) groups is 2. The van der Waals surface area contributed by atoms with Crippen molar-refractivity contribution in [2.24, 2.45) is 16.7 Å². The van der Waals surface area contributed by atoms with Crippen LogP contribution in [0.3, 0.4) is 0 Å². The van der Waals surface area contributed by atoms with Gasteiger partial charge in [-0.1, -0.05) is 13.8 Å². The molecule has 0 spiro atoms. The fourth-order valence-corrected chi connectivity index (χ4v) is 1.58. The number of hydrogen-bond donors (Lipinski definition) is 0. The first-order chi connectivity index (χ1) is 8.72. The summed E-state index contributed by atoms with van der Waals surface area (Å²) in [6.07, 6.45) is 1.40. The maximum Gasteiger partial charge on any atom is 0.311 e. The van der Waals surface area contributed by atoms with Crippen molar-refractivity contribution in [2.75, 3.05) is 0 Å². The minimum absolute atomic E-state index is 0.151. The van der Waals surface area contributed by atoms with Crippen LogP contribution in [0.25, 0.3) is 0 Å². The third-order valence-corrected chi connectivity index (χ3v) is 4.11. The summed E-state index contributed by atoms with van der Waals surface area (Å²) < 4.78 is 5.64. The van der Waals surface area contributed by atoms with Crippen molar-refractivity contribution in [3.63, 3.8) is 0 Å². The Hall–Kier alpha value is -0.860. The Bertz CT molecular complexity index is 357. The van der Waals surface area contributed by atoms with Crippen molar-refractivity contribution in [3.8, 4) is 0 Å². The van der Waals surface area contributed by atoms with E-state index in [1.807, 2.05) is 48.5 Å². The van der Waals surface area contributed by atoms with Gasteiger partial charge in [0, 0.05) is 6.42 Å². The van der Waals surface area contributed by atoms with Crippen molar-refractivity contribution in [2.45, 2.75) is 80.8 Å². The van der Waals surface area contributed by atoms with Crippen LogP contribution in [0, 0.1) is 16.7 Å². The Morgan fingerprint density at radius 1 is 0.950 bits per heavy atom. The molecule has 118 valence electrons. The van der Waals surface area contributed by atoms with Gasteiger partial charge in [0.05, 0.1) is 10.8 Å². The normalized spacial score (nSPS) is 13.5. The molecule has 0 N–H and O–H groups in total. The molecule has 0 aliphatic rings. The van der Waals surface area contributed by atoms with E-state index >= 15 is 0 Å². The molecule has 0 aliphatic carbocycles. The van der Waals surface area contributed by atoms with E-state index in [4.69, 9.17) is 4.74 Å². The zero-order chi connectivity index (χ0) is 16.4. The second-order valence-electron chi connectivity index (χ2n) is 8.13. The molecule has 0 aromatic heterocycles. The van der Waals surface area contributed by atoms with E-state index < -0.39 is 16.4 Å². The van der Waals surface area contributed by atoms with Gasteiger partial charge in [0.25, 0.3) is 0 Å². The number of ether oxygens (including phenoxy) is 1. The van der Waals surface area contributed by atoms with Gasteiger partial charge in [-0.25, -0.2) is 0 Å². The molecule has 3 nitrogen and oxygen atoms in total. The lowest BCUT2D eigenvalue weighted by Crippen LogP contribution is -2.49. The number of ketones is 1.